The Morgan fingerprint density at radius 3 is 2.61 bits per heavy atom. The minimum atomic E-state index is -0.869. The lowest BCUT2D eigenvalue weighted by Crippen LogP contribution is -2.44. The van der Waals surface area contributed by atoms with Crippen molar-refractivity contribution in [2.75, 3.05) is 36.6 Å². The number of ether oxygens (including phenoxy) is 1. The fourth-order valence-corrected chi connectivity index (χ4v) is 4.50. The third kappa shape index (κ3) is 4.27. The Morgan fingerprint density at radius 2 is 1.78 bits per heavy atom. The normalized spacial score (nSPS) is 17.9. The number of carbonyl (C=O) groups excluding carboxylic acids is 1. The number of hydrogen-bond donors (Lipinski definition) is 1. The van der Waals surface area contributed by atoms with E-state index in [9.17, 15) is 4.79 Å². The SMILES string of the molecule is Cc1cc(-c2nnc(N[C@H]3N=C(c4ccccc4)c4ccccc4CC3=O)o2)n(N2CCOCC2)n1. The van der Waals surface area contributed by atoms with E-state index in [2.05, 4.69) is 25.6 Å². The molecule has 36 heavy (non-hydrogen) atoms. The van der Waals surface area contributed by atoms with Gasteiger partial charge in [0, 0.05) is 17.5 Å². The van der Waals surface area contributed by atoms with Gasteiger partial charge in [-0.15, -0.1) is 5.10 Å². The quantitative estimate of drug-likeness (QED) is 0.461. The number of carbonyl (C=O) groups is 1. The highest BCUT2D eigenvalue weighted by atomic mass is 16.5. The maximum absolute atomic E-state index is 13.2. The van der Waals surface area contributed by atoms with Crippen LogP contribution in [0.25, 0.3) is 11.6 Å². The van der Waals surface area contributed by atoms with Crippen molar-refractivity contribution in [2.24, 2.45) is 4.99 Å². The molecule has 1 N–H and O–H groups in total. The molecule has 0 amide bonds. The van der Waals surface area contributed by atoms with Gasteiger partial charge in [-0.1, -0.05) is 59.7 Å². The van der Waals surface area contributed by atoms with E-state index < -0.39 is 6.17 Å². The summed E-state index contributed by atoms with van der Waals surface area (Å²) in [4.78, 5) is 19.8. The van der Waals surface area contributed by atoms with Crippen LogP contribution in [-0.4, -0.2) is 64.1 Å². The Balaban J connectivity index is 1.31. The Labute approximate surface area is 207 Å². The van der Waals surface area contributed by atoms with Crippen molar-refractivity contribution in [3.8, 4) is 11.6 Å². The van der Waals surface area contributed by atoms with Crippen LogP contribution < -0.4 is 10.3 Å². The molecule has 0 saturated carbocycles. The molecule has 182 valence electrons. The Hall–Kier alpha value is -4.31. The van der Waals surface area contributed by atoms with Crippen LogP contribution in [0.1, 0.15) is 22.4 Å². The maximum atomic E-state index is 13.2. The predicted octanol–water partition coefficient (Wildman–Crippen LogP) is 2.61. The van der Waals surface area contributed by atoms with Crippen molar-refractivity contribution >= 4 is 17.5 Å². The molecule has 0 spiro atoms. The average Bonchev–Trinajstić information content (AvgIpc) is 3.51. The fourth-order valence-electron chi connectivity index (χ4n) is 4.50. The molecule has 6 rings (SSSR count). The molecule has 10 nitrogen and oxygen atoms in total. The van der Waals surface area contributed by atoms with Crippen molar-refractivity contribution in [3.63, 3.8) is 0 Å². The molecule has 4 aromatic rings. The first-order valence-electron chi connectivity index (χ1n) is 11.9. The van der Waals surface area contributed by atoms with Crippen LogP contribution in [0.5, 0.6) is 0 Å². The van der Waals surface area contributed by atoms with Gasteiger partial charge in [0.15, 0.2) is 11.9 Å². The smallest absolute Gasteiger partial charge is 0.317 e. The van der Waals surface area contributed by atoms with Crippen molar-refractivity contribution in [3.05, 3.63) is 83.0 Å². The molecule has 2 aromatic heterocycles. The maximum Gasteiger partial charge on any atom is 0.317 e. The number of nitrogens with zero attached hydrogens (tertiary/aromatic N) is 6. The van der Waals surface area contributed by atoms with Crippen LogP contribution in [0, 0.1) is 6.92 Å². The second kappa shape index (κ2) is 9.38. The lowest BCUT2D eigenvalue weighted by Gasteiger charge is -2.29. The molecule has 1 fully saturated rings. The molecule has 0 unspecified atom stereocenters. The number of aromatic nitrogens is 4. The molecule has 0 radical (unpaired) electrons. The van der Waals surface area contributed by atoms with E-state index in [1.165, 1.54) is 0 Å². The van der Waals surface area contributed by atoms with E-state index >= 15 is 0 Å². The van der Waals surface area contributed by atoms with Crippen LogP contribution in [-0.2, 0) is 16.0 Å². The van der Waals surface area contributed by atoms with E-state index in [1.807, 2.05) is 67.6 Å². The van der Waals surface area contributed by atoms with E-state index in [4.69, 9.17) is 14.1 Å². The molecule has 1 saturated heterocycles. The molecular weight excluding hydrogens is 458 g/mol. The van der Waals surface area contributed by atoms with Crippen LogP contribution in [0.4, 0.5) is 6.01 Å². The molecule has 1 atom stereocenters. The molecule has 10 heteroatoms. The fraction of sp³-hybridized carbons (Fsp3) is 0.269. The molecular formula is C26H25N7O3. The summed E-state index contributed by atoms with van der Waals surface area (Å²) < 4.78 is 11.4. The minimum absolute atomic E-state index is 0.0812. The lowest BCUT2D eigenvalue weighted by molar-refractivity contribution is -0.119. The van der Waals surface area contributed by atoms with Gasteiger partial charge in [0.25, 0.3) is 5.89 Å². The Bertz CT molecular complexity index is 1420. The number of Topliss-reactive ketones (excluding diaryl/α,β-unsaturated/α-hetero) is 1. The summed E-state index contributed by atoms with van der Waals surface area (Å²) >= 11 is 0. The van der Waals surface area contributed by atoms with E-state index in [-0.39, 0.29) is 18.2 Å². The zero-order valence-corrected chi connectivity index (χ0v) is 19.8. The molecule has 2 aliphatic heterocycles. The number of ketones is 1. The molecule has 2 aliphatic rings. The van der Waals surface area contributed by atoms with Gasteiger partial charge in [0.05, 0.1) is 37.7 Å². The first-order valence-corrected chi connectivity index (χ1v) is 11.9. The van der Waals surface area contributed by atoms with Crippen molar-refractivity contribution in [1.29, 1.82) is 0 Å². The first kappa shape index (κ1) is 22.2. The van der Waals surface area contributed by atoms with E-state index in [1.54, 1.807) is 4.79 Å². The number of benzene rings is 2. The zero-order valence-electron chi connectivity index (χ0n) is 19.8. The van der Waals surface area contributed by atoms with Crippen molar-refractivity contribution in [1.82, 2.24) is 20.1 Å². The van der Waals surface area contributed by atoms with Gasteiger partial charge in [-0.3, -0.25) is 14.8 Å². The van der Waals surface area contributed by atoms with Gasteiger partial charge in [-0.25, -0.2) is 0 Å². The predicted molar refractivity (Wildman–Crippen MR) is 134 cm³/mol. The number of rotatable bonds is 5. The molecule has 2 aromatic carbocycles. The number of hydrogen-bond acceptors (Lipinski definition) is 9. The highest BCUT2D eigenvalue weighted by Gasteiger charge is 2.28. The average molecular weight is 484 g/mol. The van der Waals surface area contributed by atoms with Crippen LogP contribution in [0.2, 0.25) is 0 Å². The lowest BCUT2D eigenvalue weighted by atomic mass is 9.96. The van der Waals surface area contributed by atoms with Crippen molar-refractivity contribution in [2.45, 2.75) is 19.5 Å². The third-order valence-corrected chi connectivity index (χ3v) is 6.22. The summed E-state index contributed by atoms with van der Waals surface area (Å²) in [5, 5.41) is 18.1. The number of aryl methyl sites for hydroxylation is 1. The minimum Gasteiger partial charge on any atom is -0.402 e. The highest BCUT2D eigenvalue weighted by Crippen LogP contribution is 2.25. The second-order valence-corrected chi connectivity index (χ2v) is 8.73. The van der Waals surface area contributed by atoms with Gasteiger partial charge in [0.1, 0.15) is 5.69 Å². The van der Waals surface area contributed by atoms with Gasteiger partial charge >= 0.3 is 6.01 Å². The monoisotopic (exact) mass is 483 g/mol. The zero-order chi connectivity index (χ0) is 24.5. The summed E-state index contributed by atoms with van der Waals surface area (Å²) in [5.41, 5.74) is 5.07. The number of morpholine rings is 1. The molecule has 4 heterocycles. The number of aliphatic imine (C=N–C) groups is 1. The summed E-state index contributed by atoms with van der Waals surface area (Å²) in [6.45, 7) is 4.59. The summed E-state index contributed by atoms with van der Waals surface area (Å²) in [5.74, 6) is 0.226. The number of fused-ring (bicyclic) bond motifs is 1. The van der Waals surface area contributed by atoms with Gasteiger partial charge in [-0.05, 0) is 18.6 Å². The highest BCUT2D eigenvalue weighted by molar-refractivity contribution is 6.16. The topological polar surface area (TPSA) is 111 Å². The van der Waals surface area contributed by atoms with Gasteiger partial charge < -0.3 is 14.5 Å². The van der Waals surface area contributed by atoms with Crippen LogP contribution in [0.3, 0.4) is 0 Å². The molecule has 0 aliphatic carbocycles. The van der Waals surface area contributed by atoms with Crippen LogP contribution in [0.15, 0.2) is 70.1 Å². The Morgan fingerprint density at radius 1 is 1.00 bits per heavy atom. The summed E-state index contributed by atoms with van der Waals surface area (Å²) in [7, 11) is 0. The number of nitrogens with one attached hydrogen (secondary N) is 1. The first-order chi connectivity index (χ1) is 17.7. The van der Waals surface area contributed by atoms with E-state index in [0.29, 0.717) is 37.9 Å². The standard InChI is InChI=1S/C26H25N7O3/c1-17-15-21(33(31-17)32-11-13-35-14-12-32)25-29-30-26(36-25)28-24-22(34)16-19-9-5-6-10-20(19)23(27-24)18-7-3-2-4-8-18/h2-10,15,24H,11-14,16H2,1H3,(H,28,30)/t24-/m1/s1. The van der Waals surface area contributed by atoms with E-state index in [0.717, 1.165) is 28.1 Å². The van der Waals surface area contributed by atoms with Crippen LogP contribution >= 0.6 is 0 Å². The largest absolute Gasteiger partial charge is 0.402 e. The summed E-state index contributed by atoms with van der Waals surface area (Å²) in [6, 6.07) is 19.7. The van der Waals surface area contributed by atoms with Gasteiger partial charge in [-0.2, -0.15) is 9.89 Å². The van der Waals surface area contributed by atoms with Crippen molar-refractivity contribution < 1.29 is 13.9 Å². The number of anilines is 1. The molecule has 0 bridgehead atoms. The Kier molecular flexibility index (Phi) is 5.78. The summed E-state index contributed by atoms with van der Waals surface area (Å²) in [6.07, 6.45) is -0.621. The third-order valence-electron chi connectivity index (χ3n) is 6.22. The second-order valence-electron chi connectivity index (χ2n) is 8.73. The van der Waals surface area contributed by atoms with Gasteiger partial charge in [0.2, 0.25) is 0 Å².